The van der Waals surface area contributed by atoms with Gasteiger partial charge in [0.1, 0.15) is 5.82 Å². The standard InChI is InChI=1S/C18H23N3O/c1-18(2,3)17(22)21-12-10-20(11-13-21)16-15-7-5-4-6-14(15)8-9-19-16/h4-9H,10-13H2,1-3H3. The first-order chi connectivity index (χ1) is 10.5. The van der Waals surface area contributed by atoms with Crippen LogP contribution in [0.4, 0.5) is 5.82 Å². The van der Waals surface area contributed by atoms with Crippen LogP contribution < -0.4 is 4.90 Å². The lowest BCUT2D eigenvalue weighted by atomic mass is 9.94. The lowest BCUT2D eigenvalue weighted by Gasteiger charge is -2.38. The molecule has 0 aliphatic carbocycles. The Labute approximate surface area is 131 Å². The number of anilines is 1. The second kappa shape index (κ2) is 5.59. The topological polar surface area (TPSA) is 36.4 Å². The predicted molar refractivity (Wildman–Crippen MR) is 90.0 cm³/mol. The summed E-state index contributed by atoms with van der Waals surface area (Å²) in [6.45, 7) is 9.14. The Bertz CT molecular complexity index is 677. The third-order valence-electron chi connectivity index (χ3n) is 4.16. The smallest absolute Gasteiger partial charge is 0.228 e. The molecule has 3 rings (SSSR count). The summed E-state index contributed by atoms with van der Waals surface area (Å²) in [5.74, 6) is 1.26. The monoisotopic (exact) mass is 297 g/mol. The van der Waals surface area contributed by atoms with Crippen LogP contribution in [-0.4, -0.2) is 42.0 Å². The molecule has 22 heavy (non-hydrogen) atoms. The molecule has 1 amide bonds. The molecule has 2 aromatic rings. The number of carbonyl (C=O) groups is 1. The minimum Gasteiger partial charge on any atom is -0.353 e. The van der Waals surface area contributed by atoms with E-state index in [1.165, 1.54) is 10.8 Å². The molecule has 1 aliphatic rings. The van der Waals surface area contributed by atoms with Crippen LogP contribution in [0.2, 0.25) is 0 Å². The van der Waals surface area contributed by atoms with Gasteiger partial charge < -0.3 is 9.80 Å². The van der Waals surface area contributed by atoms with Crippen LogP contribution in [0.1, 0.15) is 20.8 Å². The zero-order valence-electron chi connectivity index (χ0n) is 13.5. The average Bonchev–Trinajstić information content (AvgIpc) is 2.53. The number of aromatic nitrogens is 1. The van der Waals surface area contributed by atoms with Crippen molar-refractivity contribution in [1.29, 1.82) is 0 Å². The Morgan fingerprint density at radius 2 is 1.73 bits per heavy atom. The number of nitrogens with zero attached hydrogens (tertiary/aromatic N) is 3. The molecule has 1 fully saturated rings. The highest BCUT2D eigenvalue weighted by Crippen LogP contribution is 2.26. The number of pyridine rings is 1. The number of carbonyl (C=O) groups excluding carboxylic acids is 1. The fourth-order valence-corrected chi connectivity index (χ4v) is 2.95. The molecule has 1 saturated heterocycles. The zero-order chi connectivity index (χ0) is 15.7. The highest BCUT2D eigenvalue weighted by molar-refractivity contribution is 5.92. The van der Waals surface area contributed by atoms with Gasteiger partial charge in [-0.1, -0.05) is 45.0 Å². The van der Waals surface area contributed by atoms with E-state index in [1.807, 2.05) is 50.1 Å². The van der Waals surface area contributed by atoms with Crippen LogP contribution in [0.3, 0.4) is 0 Å². The Hall–Kier alpha value is -2.10. The summed E-state index contributed by atoms with van der Waals surface area (Å²) in [6, 6.07) is 10.4. The largest absolute Gasteiger partial charge is 0.353 e. The maximum Gasteiger partial charge on any atom is 0.228 e. The van der Waals surface area contributed by atoms with Crippen molar-refractivity contribution in [3.8, 4) is 0 Å². The molecule has 0 spiro atoms. The van der Waals surface area contributed by atoms with Crippen molar-refractivity contribution < 1.29 is 4.79 Å². The lowest BCUT2D eigenvalue weighted by molar-refractivity contribution is -0.139. The van der Waals surface area contributed by atoms with Gasteiger partial charge in [-0.25, -0.2) is 4.98 Å². The summed E-state index contributed by atoms with van der Waals surface area (Å²) in [6.07, 6.45) is 1.87. The fraction of sp³-hybridized carbons (Fsp3) is 0.444. The molecule has 4 nitrogen and oxygen atoms in total. The molecule has 4 heteroatoms. The molecule has 1 aromatic carbocycles. The van der Waals surface area contributed by atoms with Gasteiger partial charge in [-0.2, -0.15) is 0 Å². The number of amides is 1. The summed E-state index contributed by atoms with van der Waals surface area (Å²) < 4.78 is 0. The van der Waals surface area contributed by atoms with Crippen LogP contribution in [0.25, 0.3) is 10.8 Å². The molecule has 1 aliphatic heterocycles. The predicted octanol–water partition coefficient (Wildman–Crippen LogP) is 2.93. The van der Waals surface area contributed by atoms with E-state index in [-0.39, 0.29) is 11.3 Å². The molecular formula is C18H23N3O. The van der Waals surface area contributed by atoms with Crippen molar-refractivity contribution in [2.45, 2.75) is 20.8 Å². The van der Waals surface area contributed by atoms with Crippen molar-refractivity contribution in [1.82, 2.24) is 9.88 Å². The number of hydrogen-bond acceptors (Lipinski definition) is 3. The van der Waals surface area contributed by atoms with Crippen LogP contribution >= 0.6 is 0 Å². The highest BCUT2D eigenvalue weighted by atomic mass is 16.2. The summed E-state index contributed by atoms with van der Waals surface area (Å²) in [5.41, 5.74) is -0.306. The van der Waals surface area contributed by atoms with E-state index in [1.54, 1.807) is 0 Å². The SMILES string of the molecule is CC(C)(C)C(=O)N1CCN(c2nccc3ccccc23)CC1. The van der Waals surface area contributed by atoms with Gasteiger partial charge in [0.15, 0.2) is 0 Å². The molecule has 0 bridgehead atoms. The Morgan fingerprint density at radius 1 is 1.05 bits per heavy atom. The number of rotatable bonds is 1. The van der Waals surface area contributed by atoms with Crippen molar-refractivity contribution >= 4 is 22.5 Å². The third kappa shape index (κ3) is 2.78. The molecule has 0 N–H and O–H groups in total. The van der Waals surface area contributed by atoms with Crippen molar-refractivity contribution in [3.63, 3.8) is 0 Å². The molecule has 116 valence electrons. The van der Waals surface area contributed by atoms with Gasteiger partial charge in [0.2, 0.25) is 5.91 Å². The molecular weight excluding hydrogens is 274 g/mol. The van der Waals surface area contributed by atoms with E-state index < -0.39 is 0 Å². The minimum absolute atomic E-state index is 0.234. The second-order valence-corrected chi connectivity index (χ2v) is 6.88. The van der Waals surface area contributed by atoms with Gasteiger partial charge in [-0.3, -0.25) is 4.79 Å². The first kappa shape index (κ1) is 14.8. The first-order valence-electron chi connectivity index (χ1n) is 7.85. The van der Waals surface area contributed by atoms with E-state index in [9.17, 15) is 4.79 Å². The summed E-state index contributed by atoms with van der Waals surface area (Å²) in [5, 5.41) is 2.39. The zero-order valence-corrected chi connectivity index (χ0v) is 13.5. The van der Waals surface area contributed by atoms with Crippen LogP contribution in [0.5, 0.6) is 0 Å². The Balaban J connectivity index is 1.78. The normalized spacial score (nSPS) is 16.1. The van der Waals surface area contributed by atoms with Gasteiger partial charge >= 0.3 is 0 Å². The average molecular weight is 297 g/mol. The molecule has 0 saturated carbocycles. The van der Waals surface area contributed by atoms with Crippen LogP contribution in [0.15, 0.2) is 36.5 Å². The quantitative estimate of drug-likeness (QED) is 0.812. The van der Waals surface area contributed by atoms with Crippen molar-refractivity contribution in [2.24, 2.45) is 5.41 Å². The van der Waals surface area contributed by atoms with E-state index in [0.717, 1.165) is 32.0 Å². The Morgan fingerprint density at radius 3 is 2.41 bits per heavy atom. The highest BCUT2D eigenvalue weighted by Gasteiger charge is 2.30. The maximum atomic E-state index is 12.4. The van der Waals surface area contributed by atoms with E-state index >= 15 is 0 Å². The van der Waals surface area contributed by atoms with E-state index in [0.29, 0.717) is 0 Å². The number of hydrogen-bond donors (Lipinski definition) is 0. The maximum absolute atomic E-state index is 12.4. The summed E-state index contributed by atoms with van der Waals surface area (Å²) >= 11 is 0. The van der Waals surface area contributed by atoms with Gasteiger partial charge in [0, 0.05) is 43.2 Å². The fourth-order valence-electron chi connectivity index (χ4n) is 2.95. The van der Waals surface area contributed by atoms with Gasteiger partial charge in [0.25, 0.3) is 0 Å². The van der Waals surface area contributed by atoms with E-state index in [4.69, 9.17) is 0 Å². The number of fused-ring (bicyclic) bond motifs is 1. The van der Waals surface area contributed by atoms with Crippen LogP contribution in [0, 0.1) is 5.41 Å². The summed E-state index contributed by atoms with van der Waals surface area (Å²) in [7, 11) is 0. The molecule has 0 atom stereocenters. The van der Waals surface area contributed by atoms with Crippen molar-refractivity contribution in [2.75, 3.05) is 31.1 Å². The van der Waals surface area contributed by atoms with Crippen LogP contribution in [-0.2, 0) is 4.79 Å². The second-order valence-electron chi connectivity index (χ2n) is 6.88. The van der Waals surface area contributed by atoms with Gasteiger partial charge in [-0.15, -0.1) is 0 Å². The molecule has 2 heterocycles. The lowest BCUT2D eigenvalue weighted by Crippen LogP contribution is -2.51. The van der Waals surface area contributed by atoms with Gasteiger partial charge in [0.05, 0.1) is 0 Å². The van der Waals surface area contributed by atoms with Gasteiger partial charge in [-0.05, 0) is 11.5 Å². The van der Waals surface area contributed by atoms with E-state index in [2.05, 4.69) is 22.0 Å². The number of benzene rings is 1. The third-order valence-corrected chi connectivity index (χ3v) is 4.16. The Kier molecular flexibility index (Phi) is 3.77. The minimum atomic E-state index is -0.306. The molecule has 0 unspecified atom stereocenters. The molecule has 0 radical (unpaired) electrons. The first-order valence-corrected chi connectivity index (χ1v) is 7.85. The molecule has 1 aromatic heterocycles. The van der Waals surface area contributed by atoms with Crippen molar-refractivity contribution in [3.05, 3.63) is 36.5 Å². The number of piperazine rings is 1. The summed E-state index contributed by atoms with van der Waals surface area (Å²) in [4.78, 5) is 21.2.